The predicted molar refractivity (Wildman–Crippen MR) is 115 cm³/mol. The molecule has 1 unspecified atom stereocenters. The number of hydrogen-bond acceptors (Lipinski definition) is 5. The molecule has 30 heavy (non-hydrogen) atoms. The third-order valence-electron chi connectivity index (χ3n) is 5.42. The van der Waals surface area contributed by atoms with Crippen LogP contribution in [-0.2, 0) is 21.4 Å². The third-order valence-corrected chi connectivity index (χ3v) is 7.83. The smallest absolute Gasteiger partial charge is 0.243 e. The number of ether oxygens (including phenoxy) is 2. The summed E-state index contributed by atoms with van der Waals surface area (Å²) in [5, 5.41) is 0. The van der Waals surface area contributed by atoms with Crippen molar-refractivity contribution in [3.63, 3.8) is 0 Å². The minimum absolute atomic E-state index is 0.0524. The average molecular weight is 495 g/mol. The SMILES string of the molecule is CN(Cc1ccc2c(c1)OCO2)C(=O)C1CCCN(S(=O)(=O)c2ccc(Br)cc2)C1. The van der Waals surface area contributed by atoms with Crippen molar-refractivity contribution in [2.75, 3.05) is 26.9 Å². The molecule has 0 saturated carbocycles. The molecule has 1 atom stereocenters. The molecule has 0 bridgehead atoms. The van der Waals surface area contributed by atoms with Crippen LogP contribution in [0.3, 0.4) is 0 Å². The lowest BCUT2D eigenvalue weighted by Crippen LogP contribution is -2.45. The molecular formula is C21H23BrN2O5S. The zero-order valence-electron chi connectivity index (χ0n) is 16.6. The van der Waals surface area contributed by atoms with Gasteiger partial charge in [0.25, 0.3) is 0 Å². The van der Waals surface area contributed by atoms with Gasteiger partial charge in [0.05, 0.1) is 10.8 Å². The van der Waals surface area contributed by atoms with E-state index in [1.807, 2.05) is 18.2 Å². The lowest BCUT2D eigenvalue weighted by atomic mass is 9.98. The molecule has 0 aliphatic carbocycles. The van der Waals surface area contributed by atoms with Gasteiger partial charge in [0.1, 0.15) is 0 Å². The molecule has 9 heteroatoms. The Morgan fingerprint density at radius 2 is 1.90 bits per heavy atom. The number of halogens is 1. The van der Waals surface area contributed by atoms with Gasteiger partial charge in [0.15, 0.2) is 11.5 Å². The molecule has 4 rings (SSSR count). The number of amides is 1. The maximum Gasteiger partial charge on any atom is 0.243 e. The second-order valence-electron chi connectivity index (χ2n) is 7.54. The molecule has 0 N–H and O–H groups in total. The lowest BCUT2D eigenvalue weighted by molar-refractivity contribution is -0.135. The number of piperidine rings is 1. The van der Waals surface area contributed by atoms with Crippen LogP contribution in [0.4, 0.5) is 0 Å². The zero-order chi connectivity index (χ0) is 21.3. The van der Waals surface area contributed by atoms with Gasteiger partial charge in [-0.15, -0.1) is 0 Å². The van der Waals surface area contributed by atoms with Crippen molar-refractivity contribution in [2.45, 2.75) is 24.3 Å². The summed E-state index contributed by atoms with van der Waals surface area (Å²) in [6.07, 6.45) is 1.33. The zero-order valence-corrected chi connectivity index (χ0v) is 19.0. The highest BCUT2D eigenvalue weighted by atomic mass is 79.9. The third kappa shape index (κ3) is 4.33. The van der Waals surface area contributed by atoms with Gasteiger partial charge >= 0.3 is 0 Å². The Balaban J connectivity index is 1.43. The van der Waals surface area contributed by atoms with E-state index in [2.05, 4.69) is 15.9 Å². The Bertz CT molecular complexity index is 1040. The van der Waals surface area contributed by atoms with Crippen molar-refractivity contribution in [3.8, 4) is 11.5 Å². The van der Waals surface area contributed by atoms with Gasteiger partial charge in [0.2, 0.25) is 22.7 Å². The standard InChI is InChI=1S/C21H23BrN2O5S/c1-23(12-15-4-9-19-20(11-15)29-14-28-19)21(25)16-3-2-10-24(13-16)30(26,27)18-7-5-17(22)6-8-18/h4-9,11,16H,2-3,10,12-14H2,1H3. The number of fused-ring (bicyclic) bond motifs is 1. The van der Waals surface area contributed by atoms with E-state index in [0.29, 0.717) is 37.4 Å². The fraction of sp³-hybridized carbons (Fsp3) is 0.381. The van der Waals surface area contributed by atoms with Crippen molar-refractivity contribution in [2.24, 2.45) is 5.92 Å². The maximum absolute atomic E-state index is 13.0. The van der Waals surface area contributed by atoms with Gasteiger partial charge < -0.3 is 14.4 Å². The van der Waals surface area contributed by atoms with E-state index < -0.39 is 10.0 Å². The van der Waals surface area contributed by atoms with E-state index in [4.69, 9.17) is 9.47 Å². The largest absolute Gasteiger partial charge is 0.454 e. The molecule has 1 fully saturated rings. The molecule has 2 aromatic rings. The van der Waals surface area contributed by atoms with Crippen LogP contribution in [0.5, 0.6) is 11.5 Å². The molecule has 2 aromatic carbocycles. The minimum Gasteiger partial charge on any atom is -0.454 e. The van der Waals surface area contributed by atoms with Gasteiger partial charge in [-0.05, 0) is 54.8 Å². The van der Waals surface area contributed by atoms with E-state index in [9.17, 15) is 13.2 Å². The molecule has 1 saturated heterocycles. The normalized spacial score (nSPS) is 18.9. The number of benzene rings is 2. The van der Waals surface area contributed by atoms with E-state index in [0.717, 1.165) is 10.0 Å². The fourth-order valence-electron chi connectivity index (χ4n) is 3.82. The number of carbonyl (C=O) groups excluding carboxylic acids is 1. The Morgan fingerprint density at radius 1 is 1.17 bits per heavy atom. The van der Waals surface area contributed by atoms with Gasteiger partial charge in [0, 0.05) is 31.2 Å². The summed E-state index contributed by atoms with van der Waals surface area (Å²) in [6.45, 7) is 1.25. The van der Waals surface area contributed by atoms with Crippen LogP contribution in [0, 0.1) is 5.92 Å². The number of nitrogens with zero attached hydrogens (tertiary/aromatic N) is 2. The van der Waals surface area contributed by atoms with Gasteiger partial charge in [-0.2, -0.15) is 4.31 Å². The summed E-state index contributed by atoms with van der Waals surface area (Å²) in [7, 11) is -1.88. The second kappa shape index (κ2) is 8.56. The van der Waals surface area contributed by atoms with E-state index in [1.165, 1.54) is 4.31 Å². The highest BCUT2D eigenvalue weighted by Crippen LogP contribution is 2.33. The van der Waals surface area contributed by atoms with Crippen molar-refractivity contribution < 1.29 is 22.7 Å². The summed E-state index contributed by atoms with van der Waals surface area (Å²) in [5.74, 6) is 0.970. The minimum atomic E-state index is -3.63. The molecule has 7 nitrogen and oxygen atoms in total. The molecule has 0 radical (unpaired) electrons. The van der Waals surface area contributed by atoms with Crippen molar-refractivity contribution >= 4 is 31.9 Å². The molecule has 2 aliphatic heterocycles. The quantitative estimate of drug-likeness (QED) is 0.637. The highest BCUT2D eigenvalue weighted by Gasteiger charge is 2.34. The van der Waals surface area contributed by atoms with Crippen LogP contribution < -0.4 is 9.47 Å². The Hall–Kier alpha value is -2.10. The fourth-order valence-corrected chi connectivity index (χ4v) is 5.61. The Labute approximate surface area is 184 Å². The first-order valence-electron chi connectivity index (χ1n) is 9.74. The lowest BCUT2D eigenvalue weighted by Gasteiger charge is -2.33. The number of sulfonamides is 1. The summed E-state index contributed by atoms with van der Waals surface area (Å²) >= 11 is 3.32. The molecule has 2 heterocycles. The van der Waals surface area contributed by atoms with E-state index in [1.54, 1.807) is 36.2 Å². The molecular weight excluding hydrogens is 472 g/mol. The number of hydrogen-bond donors (Lipinski definition) is 0. The first-order chi connectivity index (χ1) is 14.3. The molecule has 1 amide bonds. The topological polar surface area (TPSA) is 76.2 Å². The summed E-state index contributed by atoms with van der Waals surface area (Å²) in [4.78, 5) is 14.9. The molecule has 0 aromatic heterocycles. The Morgan fingerprint density at radius 3 is 2.67 bits per heavy atom. The van der Waals surface area contributed by atoms with Crippen molar-refractivity contribution in [1.82, 2.24) is 9.21 Å². The first-order valence-corrected chi connectivity index (χ1v) is 12.0. The van der Waals surface area contributed by atoms with Crippen LogP contribution in [0.15, 0.2) is 51.8 Å². The van der Waals surface area contributed by atoms with Gasteiger partial charge in [-0.3, -0.25) is 4.79 Å². The highest BCUT2D eigenvalue weighted by molar-refractivity contribution is 9.10. The van der Waals surface area contributed by atoms with Gasteiger partial charge in [-0.25, -0.2) is 8.42 Å². The van der Waals surface area contributed by atoms with E-state index >= 15 is 0 Å². The van der Waals surface area contributed by atoms with Crippen LogP contribution in [-0.4, -0.2) is 50.5 Å². The van der Waals surface area contributed by atoms with Crippen LogP contribution in [0.2, 0.25) is 0 Å². The number of rotatable bonds is 5. The van der Waals surface area contributed by atoms with Crippen LogP contribution in [0.1, 0.15) is 18.4 Å². The van der Waals surface area contributed by atoms with Crippen molar-refractivity contribution in [3.05, 3.63) is 52.5 Å². The maximum atomic E-state index is 13.0. The van der Waals surface area contributed by atoms with Gasteiger partial charge in [-0.1, -0.05) is 22.0 Å². The second-order valence-corrected chi connectivity index (χ2v) is 10.4. The van der Waals surface area contributed by atoms with Crippen molar-refractivity contribution in [1.29, 1.82) is 0 Å². The Kier molecular flexibility index (Phi) is 6.04. The first kappa shape index (κ1) is 21.1. The van der Waals surface area contributed by atoms with Crippen LogP contribution in [0.25, 0.3) is 0 Å². The molecule has 160 valence electrons. The van der Waals surface area contributed by atoms with E-state index in [-0.39, 0.29) is 30.1 Å². The summed E-state index contributed by atoms with van der Waals surface area (Å²) in [5.41, 5.74) is 0.935. The molecule has 0 spiro atoms. The average Bonchev–Trinajstić information content (AvgIpc) is 3.21. The molecule has 2 aliphatic rings. The summed E-state index contributed by atoms with van der Waals surface area (Å²) in [6, 6.07) is 12.2. The summed E-state index contributed by atoms with van der Waals surface area (Å²) < 4.78 is 39.0. The van der Waals surface area contributed by atoms with Crippen LogP contribution >= 0.6 is 15.9 Å². The predicted octanol–water partition coefficient (Wildman–Crippen LogP) is 3.24. The number of carbonyl (C=O) groups is 1. The monoisotopic (exact) mass is 494 g/mol.